The highest BCUT2D eigenvalue weighted by Crippen LogP contribution is 2.37. The average molecular weight is 551 g/mol. The number of nitrogens with one attached hydrogen (secondary N) is 1. The van der Waals surface area contributed by atoms with Gasteiger partial charge in [0.25, 0.3) is 0 Å². The first-order valence-corrected chi connectivity index (χ1v) is 14.2. The van der Waals surface area contributed by atoms with Gasteiger partial charge in [0, 0.05) is 18.2 Å². The number of benzene rings is 3. The van der Waals surface area contributed by atoms with E-state index in [2.05, 4.69) is 10.3 Å². The molecule has 1 aromatic heterocycles. The van der Waals surface area contributed by atoms with E-state index in [-0.39, 0.29) is 21.7 Å². The molecule has 0 bridgehead atoms. The van der Waals surface area contributed by atoms with Crippen LogP contribution in [0.4, 0.5) is 5.88 Å². The number of hydrogen-bond donors (Lipinski definition) is 1. The van der Waals surface area contributed by atoms with Crippen molar-refractivity contribution in [2.75, 3.05) is 38.8 Å². The Morgan fingerprint density at radius 2 is 1.64 bits per heavy atom. The van der Waals surface area contributed by atoms with Crippen LogP contribution in [0.1, 0.15) is 18.9 Å². The normalized spacial score (nSPS) is 12.7. The highest BCUT2D eigenvalue weighted by Gasteiger charge is 2.30. The molecule has 0 unspecified atom stereocenters. The van der Waals surface area contributed by atoms with Gasteiger partial charge in [0.1, 0.15) is 24.7 Å². The van der Waals surface area contributed by atoms with Crippen LogP contribution in [0.3, 0.4) is 0 Å². The second kappa shape index (κ2) is 11.7. The van der Waals surface area contributed by atoms with Crippen molar-refractivity contribution < 1.29 is 31.8 Å². The minimum atomic E-state index is -4.06. The summed E-state index contributed by atoms with van der Waals surface area (Å²) in [6.07, 6.45) is 1.53. The highest BCUT2D eigenvalue weighted by atomic mass is 32.2. The van der Waals surface area contributed by atoms with Gasteiger partial charge in [0.15, 0.2) is 11.5 Å². The van der Waals surface area contributed by atoms with E-state index in [4.69, 9.17) is 23.4 Å². The predicted octanol–water partition coefficient (Wildman–Crippen LogP) is 5.40. The quantitative estimate of drug-likeness (QED) is 0.263. The zero-order chi connectivity index (χ0) is 27.2. The van der Waals surface area contributed by atoms with Gasteiger partial charge in [-0.2, -0.15) is 4.98 Å². The maximum Gasteiger partial charge on any atom is 0.233 e. The van der Waals surface area contributed by atoms with Gasteiger partial charge in [0.2, 0.25) is 26.6 Å². The number of anilines is 1. The molecule has 0 radical (unpaired) electrons. The number of hydrogen-bond acceptors (Lipinski definition) is 9. The van der Waals surface area contributed by atoms with Gasteiger partial charge in [-0.15, -0.1) is 0 Å². The lowest BCUT2D eigenvalue weighted by Gasteiger charge is -2.18. The maximum atomic E-state index is 13.8. The Labute approximate surface area is 227 Å². The zero-order valence-electron chi connectivity index (χ0n) is 21.8. The molecule has 5 rings (SSSR count). The first-order valence-electron chi connectivity index (χ1n) is 12.7. The standard InChI is InChI=1S/C29H30N2O7S/c1-3-16-35-23-10-6-21(7-11-23)27-31-29(28(38-27)30-15-14-20-4-8-22(34-2)9-5-20)39(32,33)24-12-13-25-26(19-24)37-18-17-36-25/h4-13,19,30H,3,14-18H2,1-2H3. The van der Waals surface area contributed by atoms with Crippen LogP contribution in [0.5, 0.6) is 23.0 Å². The van der Waals surface area contributed by atoms with Gasteiger partial charge in [-0.3, -0.25) is 0 Å². The Hall–Kier alpha value is -4.18. The number of oxazole rings is 1. The molecule has 0 saturated carbocycles. The third-order valence-electron chi connectivity index (χ3n) is 6.11. The topological polar surface area (TPSA) is 109 Å². The van der Waals surface area contributed by atoms with Gasteiger partial charge in [-0.25, -0.2) is 8.42 Å². The van der Waals surface area contributed by atoms with Gasteiger partial charge >= 0.3 is 0 Å². The molecule has 1 aliphatic heterocycles. The molecule has 10 heteroatoms. The van der Waals surface area contributed by atoms with Gasteiger partial charge in [0.05, 0.1) is 18.6 Å². The summed E-state index contributed by atoms with van der Waals surface area (Å²) in [7, 11) is -2.44. The monoisotopic (exact) mass is 550 g/mol. The average Bonchev–Trinajstić information content (AvgIpc) is 3.41. The summed E-state index contributed by atoms with van der Waals surface area (Å²) in [6, 6.07) is 19.4. The smallest absolute Gasteiger partial charge is 0.233 e. The van der Waals surface area contributed by atoms with Crippen LogP contribution in [-0.4, -0.2) is 46.9 Å². The molecule has 1 aliphatic rings. The van der Waals surface area contributed by atoms with Crippen molar-refractivity contribution in [2.45, 2.75) is 29.7 Å². The Morgan fingerprint density at radius 3 is 2.36 bits per heavy atom. The molecule has 0 aliphatic carbocycles. The lowest BCUT2D eigenvalue weighted by atomic mass is 10.1. The third kappa shape index (κ3) is 5.96. The van der Waals surface area contributed by atoms with E-state index in [0.29, 0.717) is 55.6 Å². The molecule has 0 atom stereocenters. The first kappa shape index (κ1) is 26.4. The molecule has 3 aromatic carbocycles. The van der Waals surface area contributed by atoms with Crippen molar-refractivity contribution in [1.29, 1.82) is 0 Å². The summed E-state index contributed by atoms with van der Waals surface area (Å²) in [5.74, 6) is 2.62. The number of aromatic nitrogens is 1. The number of rotatable bonds is 11. The Balaban J connectivity index is 1.44. The molecule has 2 heterocycles. The Kier molecular flexibility index (Phi) is 7.92. The minimum absolute atomic E-state index is 0.0353. The molecule has 9 nitrogen and oxygen atoms in total. The van der Waals surface area contributed by atoms with Crippen molar-refractivity contribution >= 4 is 15.7 Å². The Morgan fingerprint density at radius 1 is 0.923 bits per heavy atom. The lowest BCUT2D eigenvalue weighted by Crippen LogP contribution is -2.16. The van der Waals surface area contributed by atoms with Crippen LogP contribution >= 0.6 is 0 Å². The molecular weight excluding hydrogens is 520 g/mol. The summed E-state index contributed by atoms with van der Waals surface area (Å²) < 4.78 is 55.5. The van der Waals surface area contributed by atoms with Crippen molar-refractivity contribution in [1.82, 2.24) is 4.98 Å². The summed E-state index contributed by atoms with van der Waals surface area (Å²) >= 11 is 0. The van der Waals surface area contributed by atoms with Crippen molar-refractivity contribution in [2.24, 2.45) is 0 Å². The third-order valence-corrected chi connectivity index (χ3v) is 7.77. The van der Waals surface area contributed by atoms with E-state index in [9.17, 15) is 8.42 Å². The van der Waals surface area contributed by atoms with Crippen LogP contribution in [0.25, 0.3) is 11.5 Å². The predicted molar refractivity (Wildman–Crippen MR) is 146 cm³/mol. The fraction of sp³-hybridized carbons (Fsp3) is 0.276. The second-order valence-corrected chi connectivity index (χ2v) is 10.7. The molecule has 204 valence electrons. The summed E-state index contributed by atoms with van der Waals surface area (Å²) in [4.78, 5) is 4.47. The molecule has 0 saturated heterocycles. The first-order chi connectivity index (χ1) is 19.0. The SMILES string of the molecule is CCCOc1ccc(-c2nc(S(=O)(=O)c3ccc4c(c3)OCCO4)c(NCCc3ccc(OC)cc3)o2)cc1. The second-order valence-electron chi connectivity index (χ2n) is 8.86. The van der Waals surface area contributed by atoms with Crippen LogP contribution in [0.2, 0.25) is 0 Å². The van der Waals surface area contributed by atoms with Crippen LogP contribution in [-0.2, 0) is 16.3 Å². The van der Waals surface area contributed by atoms with Crippen molar-refractivity contribution in [3.8, 4) is 34.5 Å². The number of ether oxygens (including phenoxy) is 4. The lowest BCUT2D eigenvalue weighted by molar-refractivity contribution is 0.171. The van der Waals surface area contributed by atoms with Crippen LogP contribution in [0, 0.1) is 0 Å². The summed E-state index contributed by atoms with van der Waals surface area (Å²) in [6.45, 7) is 3.83. The maximum absolute atomic E-state index is 13.8. The number of methoxy groups -OCH3 is 1. The van der Waals surface area contributed by atoms with Crippen molar-refractivity contribution in [3.05, 3.63) is 72.3 Å². The van der Waals surface area contributed by atoms with Gasteiger partial charge < -0.3 is 28.7 Å². The summed E-state index contributed by atoms with van der Waals surface area (Å²) in [5, 5.41) is 2.94. The van der Waals surface area contributed by atoms with E-state index >= 15 is 0 Å². The molecule has 0 spiro atoms. The Bertz CT molecular complexity index is 1510. The summed E-state index contributed by atoms with van der Waals surface area (Å²) in [5.41, 5.74) is 1.68. The van der Waals surface area contributed by atoms with E-state index in [0.717, 1.165) is 17.7 Å². The fourth-order valence-electron chi connectivity index (χ4n) is 4.05. The zero-order valence-corrected chi connectivity index (χ0v) is 22.6. The molecule has 0 amide bonds. The largest absolute Gasteiger partial charge is 0.497 e. The minimum Gasteiger partial charge on any atom is -0.497 e. The molecule has 39 heavy (non-hydrogen) atoms. The van der Waals surface area contributed by atoms with E-state index in [1.54, 1.807) is 37.4 Å². The fourth-order valence-corrected chi connectivity index (χ4v) is 5.35. The van der Waals surface area contributed by atoms with E-state index < -0.39 is 9.84 Å². The van der Waals surface area contributed by atoms with Gasteiger partial charge in [-0.1, -0.05) is 19.1 Å². The molecule has 0 fully saturated rings. The van der Waals surface area contributed by atoms with E-state index in [1.165, 1.54) is 12.1 Å². The number of fused-ring (bicyclic) bond motifs is 1. The van der Waals surface area contributed by atoms with E-state index in [1.807, 2.05) is 31.2 Å². The molecule has 1 N–H and O–H groups in total. The number of nitrogens with zero attached hydrogens (tertiary/aromatic N) is 1. The molecular formula is C29H30N2O7S. The molecule has 4 aromatic rings. The number of sulfone groups is 1. The van der Waals surface area contributed by atoms with Crippen molar-refractivity contribution in [3.63, 3.8) is 0 Å². The van der Waals surface area contributed by atoms with Crippen LogP contribution < -0.4 is 24.3 Å². The van der Waals surface area contributed by atoms with Crippen LogP contribution in [0.15, 0.2) is 81.1 Å². The highest BCUT2D eigenvalue weighted by molar-refractivity contribution is 7.91. The van der Waals surface area contributed by atoms with Gasteiger partial charge in [-0.05, 0) is 66.9 Å².